The maximum Gasteiger partial charge on any atom is 0.248 e. The van der Waals surface area contributed by atoms with Crippen LogP contribution in [0.25, 0.3) is 6.08 Å². The summed E-state index contributed by atoms with van der Waals surface area (Å²) in [6.45, 7) is 1.97. The minimum Gasteiger partial charge on any atom is -0.465 e. The molecule has 1 unspecified atom stereocenters. The van der Waals surface area contributed by atoms with Gasteiger partial charge in [0, 0.05) is 17.5 Å². The Labute approximate surface area is 144 Å². The van der Waals surface area contributed by atoms with E-state index in [1.807, 2.05) is 31.2 Å². The Morgan fingerprint density at radius 1 is 1.33 bits per heavy atom. The van der Waals surface area contributed by atoms with Crippen LogP contribution in [0.5, 0.6) is 0 Å². The summed E-state index contributed by atoms with van der Waals surface area (Å²) in [5, 5.41) is 2.89. The molecule has 3 rings (SSSR count). The summed E-state index contributed by atoms with van der Waals surface area (Å²) in [5.41, 5.74) is 1.82. The van der Waals surface area contributed by atoms with Crippen LogP contribution >= 0.6 is 11.8 Å². The van der Waals surface area contributed by atoms with Gasteiger partial charge in [-0.2, -0.15) is 0 Å². The van der Waals surface area contributed by atoms with Gasteiger partial charge in [0.2, 0.25) is 11.8 Å². The molecule has 24 heavy (non-hydrogen) atoms. The first-order chi connectivity index (χ1) is 11.6. The molecule has 1 atom stereocenters. The molecule has 0 aliphatic carbocycles. The van der Waals surface area contributed by atoms with Crippen LogP contribution in [0.1, 0.15) is 11.3 Å². The Morgan fingerprint density at radius 2 is 2.21 bits per heavy atom. The smallest absolute Gasteiger partial charge is 0.248 e. The van der Waals surface area contributed by atoms with Crippen molar-refractivity contribution in [3.05, 3.63) is 60.1 Å². The Bertz CT molecular complexity index is 755. The maximum atomic E-state index is 12.5. The summed E-state index contributed by atoms with van der Waals surface area (Å²) in [6.07, 6.45) is 4.60. The van der Waals surface area contributed by atoms with Crippen LogP contribution in [-0.2, 0) is 9.59 Å². The molecular weight excluding hydrogens is 324 g/mol. The standard InChI is InChI=1S/C18H18N2O3S/c1-13-4-2-5-14(10-13)19-18(22)16-11-24-12-20(16)17(21)8-7-15-6-3-9-23-15/h2-10,16H,11-12H2,1H3,(H,19,22). The van der Waals surface area contributed by atoms with Crippen LogP contribution in [0.15, 0.2) is 53.2 Å². The number of anilines is 1. The second kappa shape index (κ2) is 7.40. The number of rotatable bonds is 4. The second-order valence-corrected chi connectivity index (χ2v) is 6.53. The number of aryl methyl sites for hydroxylation is 1. The zero-order valence-electron chi connectivity index (χ0n) is 13.3. The highest BCUT2D eigenvalue weighted by Crippen LogP contribution is 2.23. The largest absolute Gasteiger partial charge is 0.465 e. The normalized spacial score (nSPS) is 17.4. The van der Waals surface area contributed by atoms with Gasteiger partial charge in [0.25, 0.3) is 0 Å². The molecule has 1 aliphatic heterocycles. The number of thioether (sulfide) groups is 1. The Balaban J connectivity index is 1.66. The molecule has 2 aromatic rings. The van der Waals surface area contributed by atoms with Gasteiger partial charge in [-0.3, -0.25) is 9.59 Å². The lowest BCUT2D eigenvalue weighted by atomic mass is 10.2. The lowest BCUT2D eigenvalue weighted by Crippen LogP contribution is -2.43. The lowest BCUT2D eigenvalue weighted by molar-refractivity contribution is -0.132. The van der Waals surface area contributed by atoms with Crippen molar-refractivity contribution >= 4 is 35.3 Å². The highest BCUT2D eigenvalue weighted by atomic mass is 32.2. The summed E-state index contributed by atoms with van der Waals surface area (Å²) in [7, 11) is 0. The topological polar surface area (TPSA) is 62.6 Å². The predicted octanol–water partition coefficient (Wildman–Crippen LogP) is 3.14. The van der Waals surface area contributed by atoms with Gasteiger partial charge in [0.1, 0.15) is 11.8 Å². The van der Waals surface area contributed by atoms with Gasteiger partial charge in [-0.15, -0.1) is 11.8 Å². The molecule has 124 valence electrons. The van der Waals surface area contributed by atoms with Crippen LogP contribution in [0.4, 0.5) is 5.69 Å². The predicted molar refractivity (Wildman–Crippen MR) is 95.5 cm³/mol. The Hall–Kier alpha value is -2.47. The maximum absolute atomic E-state index is 12.5. The third-order valence-corrected chi connectivity index (χ3v) is 4.70. The van der Waals surface area contributed by atoms with Crippen molar-refractivity contribution in [2.24, 2.45) is 0 Å². The Morgan fingerprint density at radius 3 is 2.96 bits per heavy atom. The van der Waals surface area contributed by atoms with Crippen molar-refractivity contribution < 1.29 is 14.0 Å². The van der Waals surface area contributed by atoms with Gasteiger partial charge in [0.05, 0.1) is 12.1 Å². The zero-order chi connectivity index (χ0) is 16.9. The zero-order valence-corrected chi connectivity index (χ0v) is 14.1. The van der Waals surface area contributed by atoms with Crippen LogP contribution in [0, 0.1) is 6.92 Å². The van der Waals surface area contributed by atoms with Crippen LogP contribution in [0.3, 0.4) is 0 Å². The molecule has 0 spiro atoms. The van der Waals surface area contributed by atoms with Gasteiger partial charge in [-0.25, -0.2) is 0 Å². The van der Waals surface area contributed by atoms with Crippen molar-refractivity contribution in [1.29, 1.82) is 0 Å². The number of hydrogen-bond donors (Lipinski definition) is 1. The number of furan rings is 1. The Kier molecular flexibility index (Phi) is 5.05. The minimum absolute atomic E-state index is 0.162. The van der Waals surface area contributed by atoms with E-state index in [-0.39, 0.29) is 11.8 Å². The monoisotopic (exact) mass is 342 g/mol. The first-order valence-corrected chi connectivity index (χ1v) is 8.76. The SMILES string of the molecule is Cc1cccc(NC(=O)C2CSCN2C(=O)C=Cc2ccco2)c1. The van der Waals surface area contributed by atoms with Crippen molar-refractivity contribution in [2.75, 3.05) is 16.9 Å². The number of benzene rings is 1. The van der Waals surface area contributed by atoms with Crippen LogP contribution in [0.2, 0.25) is 0 Å². The molecule has 0 bridgehead atoms. The molecule has 6 heteroatoms. The van der Waals surface area contributed by atoms with E-state index < -0.39 is 6.04 Å². The minimum atomic E-state index is -0.468. The van der Waals surface area contributed by atoms with E-state index in [2.05, 4.69) is 5.32 Å². The molecule has 5 nitrogen and oxygen atoms in total. The molecule has 1 fully saturated rings. The summed E-state index contributed by atoms with van der Waals surface area (Å²) in [4.78, 5) is 26.5. The van der Waals surface area contributed by atoms with E-state index in [0.29, 0.717) is 17.4 Å². The lowest BCUT2D eigenvalue weighted by Gasteiger charge is -2.21. The van der Waals surface area contributed by atoms with E-state index in [1.54, 1.807) is 41.1 Å². The third kappa shape index (κ3) is 3.89. The first kappa shape index (κ1) is 16.4. The van der Waals surface area contributed by atoms with Gasteiger partial charge in [0.15, 0.2) is 0 Å². The highest BCUT2D eigenvalue weighted by Gasteiger charge is 2.33. The third-order valence-electron chi connectivity index (χ3n) is 3.69. The van der Waals surface area contributed by atoms with Crippen LogP contribution < -0.4 is 5.32 Å². The van der Waals surface area contributed by atoms with Crippen molar-refractivity contribution in [3.63, 3.8) is 0 Å². The number of carbonyl (C=O) groups excluding carboxylic acids is 2. The van der Waals surface area contributed by atoms with Gasteiger partial charge in [-0.05, 0) is 42.8 Å². The fraction of sp³-hybridized carbons (Fsp3) is 0.222. The fourth-order valence-corrected chi connectivity index (χ4v) is 3.62. The van der Waals surface area contributed by atoms with Gasteiger partial charge in [-0.1, -0.05) is 12.1 Å². The number of nitrogens with one attached hydrogen (secondary N) is 1. The molecule has 1 aromatic carbocycles. The molecule has 1 saturated heterocycles. The highest BCUT2D eigenvalue weighted by molar-refractivity contribution is 7.99. The first-order valence-electron chi connectivity index (χ1n) is 7.61. The summed E-state index contributed by atoms with van der Waals surface area (Å²) in [6, 6.07) is 10.7. The van der Waals surface area contributed by atoms with E-state index in [4.69, 9.17) is 4.42 Å². The average Bonchev–Trinajstić information content (AvgIpc) is 3.24. The van der Waals surface area contributed by atoms with Crippen molar-refractivity contribution in [3.8, 4) is 0 Å². The number of amides is 2. The fourth-order valence-electron chi connectivity index (χ4n) is 2.46. The van der Waals surface area contributed by atoms with E-state index >= 15 is 0 Å². The van der Waals surface area contributed by atoms with E-state index in [1.165, 1.54) is 6.08 Å². The molecule has 2 amide bonds. The summed E-state index contributed by atoms with van der Waals surface area (Å²) >= 11 is 1.57. The number of nitrogens with zero attached hydrogens (tertiary/aromatic N) is 1. The molecule has 1 aliphatic rings. The summed E-state index contributed by atoms with van der Waals surface area (Å²) < 4.78 is 5.17. The van der Waals surface area contributed by atoms with Crippen molar-refractivity contribution in [1.82, 2.24) is 4.90 Å². The molecule has 2 heterocycles. The number of carbonyl (C=O) groups is 2. The van der Waals surface area contributed by atoms with Crippen molar-refractivity contribution in [2.45, 2.75) is 13.0 Å². The van der Waals surface area contributed by atoms with Gasteiger partial charge >= 0.3 is 0 Å². The molecule has 0 radical (unpaired) electrons. The molecule has 0 saturated carbocycles. The second-order valence-electron chi connectivity index (χ2n) is 5.53. The van der Waals surface area contributed by atoms with E-state index in [9.17, 15) is 9.59 Å². The number of hydrogen-bond acceptors (Lipinski definition) is 4. The average molecular weight is 342 g/mol. The molecular formula is C18H18N2O3S. The summed E-state index contributed by atoms with van der Waals surface area (Å²) in [5.74, 6) is 1.35. The molecule has 1 aromatic heterocycles. The quantitative estimate of drug-likeness (QED) is 0.867. The van der Waals surface area contributed by atoms with Gasteiger partial charge < -0.3 is 14.6 Å². The van der Waals surface area contributed by atoms with E-state index in [0.717, 1.165) is 11.3 Å². The van der Waals surface area contributed by atoms with Crippen LogP contribution in [-0.4, -0.2) is 34.4 Å². The molecule has 1 N–H and O–H groups in total.